The van der Waals surface area contributed by atoms with Crippen molar-refractivity contribution in [3.05, 3.63) is 67.7 Å². The number of nitro groups is 1. The van der Waals surface area contributed by atoms with E-state index in [4.69, 9.17) is 28.5 Å². The van der Waals surface area contributed by atoms with Gasteiger partial charge in [-0.05, 0) is 36.8 Å². The molecule has 0 spiro atoms. The average Bonchev–Trinajstić information content (AvgIpc) is 2.55. The minimum atomic E-state index is -0.565. The van der Waals surface area contributed by atoms with Crippen molar-refractivity contribution in [1.29, 1.82) is 5.26 Å². The first-order chi connectivity index (χ1) is 10.8. The van der Waals surface area contributed by atoms with Crippen LogP contribution in [0.3, 0.4) is 0 Å². The molecule has 0 unspecified atom stereocenters. The number of anilines is 1. The maximum Gasteiger partial charge on any atom is 0.287 e. The topological polar surface area (TPSA) is 70.2 Å². The molecule has 0 saturated heterocycles. The van der Waals surface area contributed by atoms with Gasteiger partial charge in [0.05, 0.1) is 21.0 Å². The van der Waals surface area contributed by atoms with E-state index >= 15 is 0 Å². The molecule has 0 heterocycles. The Morgan fingerprint density at radius 2 is 1.91 bits per heavy atom. The molecule has 2 aromatic carbocycles. The van der Waals surface area contributed by atoms with Gasteiger partial charge < -0.3 is 4.90 Å². The summed E-state index contributed by atoms with van der Waals surface area (Å²) < 4.78 is 0. The number of benzene rings is 2. The Labute approximate surface area is 143 Å². The summed E-state index contributed by atoms with van der Waals surface area (Å²) in [6.45, 7) is 1.97. The molecule has 0 fully saturated rings. The Morgan fingerprint density at radius 1 is 1.22 bits per heavy atom. The van der Waals surface area contributed by atoms with Crippen LogP contribution in [0.2, 0.25) is 10.0 Å². The van der Waals surface area contributed by atoms with Crippen LogP contribution < -0.4 is 4.90 Å². The molecule has 0 bridgehead atoms. The minimum absolute atomic E-state index is 0.0284. The molecule has 1 atom stereocenters. The van der Waals surface area contributed by atoms with Crippen molar-refractivity contribution in [1.82, 2.24) is 0 Å². The van der Waals surface area contributed by atoms with E-state index in [1.807, 2.05) is 31.0 Å². The van der Waals surface area contributed by atoms with Crippen LogP contribution in [0.25, 0.3) is 0 Å². The fourth-order valence-corrected chi connectivity index (χ4v) is 2.52. The summed E-state index contributed by atoms with van der Waals surface area (Å²) in [5.41, 5.74) is 1.47. The molecule has 0 aromatic heterocycles. The molecule has 0 N–H and O–H groups in total. The van der Waals surface area contributed by atoms with E-state index in [9.17, 15) is 10.1 Å². The molecule has 23 heavy (non-hydrogen) atoms. The number of nitro benzene ring substituents is 1. The highest BCUT2D eigenvalue weighted by Crippen LogP contribution is 2.32. The monoisotopic (exact) mass is 349 g/mol. The minimum Gasteiger partial charge on any atom is -0.368 e. The maximum absolute atomic E-state index is 10.9. The highest BCUT2D eigenvalue weighted by Gasteiger charge is 2.18. The van der Waals surface area contributed by atoms with Gasteiger partial charge in [-0.25, -0.2) is 0 Å². The van der Waals surface area contributed by atoms with E-state index in [1.165, 1.54) is 12.1 Å². The molecular weight excluding hydrogens is 337 g/mol. The van der Waals surface area contributed by atoms with E-state index in [-0.39, 0.29) is 17.3 Å². The Hall–Kier alpha value is -2.29. The molecule has 2 aromatic rings. The number of hydrogen-bond acceptors (Lipinski definition) is 4. The third-order valence-electron chi connectivity index (χ3n) is 3.71. The van der Waals surface area contributed by atoms with Gasteiger partial charge in [0.1, 0.15) is 11.6 Å². The summed E-state index contributed by atoms with van der Waals surface area (Å²) >= 11 is 12.0. The number of nitriles is 1. The first kappa shape index (κ1) is 17.1. The van der Waals surface area contributed by atoms with E-state index in [0.29, 0.717) is 15.7 Å². The Balaban J connectivity index is 2.36. The normalized spacial score (nSPS) is 11.6. The molecule has 0 radical (unpaired) electrons. The van der Waals surface area contributed by atoms with Gasteiger partial charge in [-0.1, -0.05) is 29.3 Å². The fourth-order valence-electron chi connectivity index (χ4n) is 2.21. The summed E-state index contributed by atoms with van der Waals surface area (Å²) in [6.07, 6.45) is 0. The maximum atomic E-state index is 10.9. The predicted molar refractivity (Wildman–Crippen MR) is 91.1 cm³/mol. The highest BCUT2D eigenvalue weighted by molar-refractivity contribution is 6.42. The molecular formula is C16H13Cl2N3O2. The Kier molecular flexibility index (Phi) is 5.09. The van der Waals surface area contributed by atoms with E-state index in [2.05, 4.69) is 0 Å². The number of rotatable bonds is 4. The summed E-state index contributed by atoms with van der Waals surface area (Å²) in [4.78, 5) is 12.2. The molecule has 0 aliphatic heterocycles. The van der Waals surface area contributed by atoms with Crippen molar-refractivity contribution in [2.45, 2.75) is 13.0 Å². The quantitative estimate of drug-likeness (QED) is 0.576. The van der Waals surface area contributed by atoms with Gasteiger partial charge in [0.2, 0.25) is 0 Å². The fraction of sp³-hybridized carbons (Fsp3) is 0.188. The zero-order valence-electron chi connectivity index (χ0n) is 12.5. The van der Waals surface area contributed by atoms with E-state index in [0.717, 1.165) is 5.56 Å². The van der Waals surface area contributed by atoms with Gasteiger partial charge in [-0.15, -0.1) is 0 Å². The molecule has 7 heteroatoms. The van der Waals surface area contributed by atoms with Crippen molar-refractivity contribution in [3.63, 3.8) is 0 Å². The third kappa shape index (κ3) is 3.55. The summed E-state index contributed by atoms with van der Waals surface area (Å²) in [5, 5.41) is 20.9. The van der Waals surface area contributed by atoms with Crippen molar-refractivity contribution in [3.8, 4) is 6.07 Å². The SMILES string of the molecule is C[C@H](c1ccc(Cl)c(Cl)c1)N(C)c1ccc([N+](=O)[O-])c(C#N)c1. The zero-order valence-corrected chi connectivity index (χ0v) is 14.0. The Bertz CT molecular complexity index is 802. The molecule has 0 aliphatic carbocycles. The van der Waals surface area contributed by atoms with Crippen LogP contribution in [0.5, 0.6) is 0 Å². The van der Waals surface area contributed by atoms with Crippen LogP contribution in [-0.4, -0.2) is 12.0 Å². The summed E-state index contributed by atoms with van der Waals surface area (Å²) in [7, 11) is 1.84. The molecule has 0 saturated carbocycles. The lowest BCUT2D eigenvalue weighted by molar-refractivity contribution is -0.385. The van der Waals surface area contributed by atoms with Crippen LogP contribution in [0.4, 0.5) is 11.4 Å². The lowest BCUT2D eigenvalue weighted by Crippen LogP contribution is -2.21. The predicted octanol–water partition coefficient (Wildman–Crippen LogP) is 4.97. The molecule has 5 nitrogen and oxygen atoms in total. The number of nitrogens with zero attached hydrogens (tertiary/aromatic N) is 3. The van der Waals surface area contributed by atoms with Gasteiger partial charge in [0.25, 0.3) is 5.69 Å². The molecule has 2 rings (SSSR count). The van der Waals surface area contributed by atoms with Gasteiger partial charge in [-0.2, -0.15) is 5.26 Å². The van der Waals surface area contributed by atoms with Crippen LogP contribution in [0, 0.1) is 21.4 Å². The first-order valence-corrected chi connectivity index (χ1v) is 7.47. The van der Waals surface area contributed by atoms with Gasteiger partial charge in [0.15, 0.2) is 0 Å². The van der Waals surface area contributed by atoms with E-state index in [1.54, 1.807) is 18.2 Å². The van der Waals surface area contributed by atoms with E-state index < -0.39 is 4.92 Å². The summed E-state index contributed by atoms with van der Waals surface area (Å²) in [5.74, 6) is 0. The number of hydrogen-bond donors (Lipinski definition) is 0. The van der Waals surface area contributed by atoms with Crippen LogP contribution in [0.15, 0.2) is 36.4 Å². The van der Waals surface area contributed by atoms with Crippen LogP contribution in [-0.2, 0) is 0 Å². The summed E-state index contributed by atoms with van der Waals surface area (Å²) in [6, 6.07) is 11.6. The molecule has 118 valence electrons. The zero-order chi connectivity index (χ0) is 17.1. The lowest BCUT2D eigenvalue weighted by Gasteiger charge is -2.27. The van der Waals surface area contributed by atoms with Crippen molar-refractivity contribution < 1.29 is 4.92 Å². The van der Waals surface area contributed by atoms with Gasteiger partial charge >= 0.3 is 0 Å². The van der Waals surface area contributed by atoms with Crippen molar-refractivity contribution in [2.75, 3.05) is 11.9 Å². The lowest BCUT2D eigenvalue weighted by atomic mass is 10.1. The Morgan fingerprint density at radius 3 is 2.48 bits per heavy atom. The van der Waals surface area contributed by atoms with Gasteiger partial charge in [-0.3, -0.25) is 10.1 Å². The second kappa shape index (κ2) is 6.86. The third-order valence-corrected chi connectivity index (χ3v) is 4.45. The first-order valence-electron chi connectivity index (χ1n) is 6.71. The van der Waals surface area contributed by atoms with Gasteiger partial charge in [0, 0.05) is 18.8 Å². The smallest absolute Gasteiger partial charge is 0.287 e. The van der Waals surface area contributed by atoms with Crippen LogP contribution >= 0.6 is 23.2 Å². The molecule has 0 amide bonds. The second-order valence-corrected chi connectivity index (χ2v) is 5.85. The second-order valence-electron chi connectivity index (χ2n) is 5.03. The standard InChI is InChI=1S/C16H13Cl2N3O2/c1-10(11-3-5-14(17)15(18)8-11)20(2)13-4-6-16(21(22)23)12(7-13)9-19/h3-8,10H,1-2H3/t10-/m1/s1. The average molecular weight is 350 g/mol. The van der Waals surface area contributed by atoms with Crippen LogP contribution in [0.1, 0.15) is 24.1 Å². The highest BCUT2D eigenvalue weighted by atomic mass is 35.5. The van der Waals surface area contributed by atoms with Crippen molar-refractivity contribution in [2.24, 2.45) is 0 Å². The molecule has 0 aliphatic rings. The number of halogens is 2. The van der Waals surface area contributed by atoms with Crippen molar-refractivity contribution >= 4 is 34.6 Å². The largest absolute Gasteiger partial charge is 0.368 e.